The molecule has 1 aliphatic heterocycles. The molecule has 1 saturated heterocycles. The summed E-state index contributed by atoms with van der Waals surface area (Å²) in [6, 6.07) is 2.43. The Bertz CT molecular complexity index is 761. The van der Waals surface area contributed by atoms with Crippen LogP contribution in [0.4, 0.5) is 5.69 Å². The topological polar surface area (TPSA) is 110 Å². The molecular weight excluding hydrogens is 334 g/mol. The second kappa shape index (κ2) is 7.27. The van der Waals surface area contributed by atoms with E-state index in [9.17, 15) is 23.3 Å². The molecular formula is C15H21N3O5S. The van der Waals surface area contributed by atoms with Gasteiger partial charge >= 0.3 is 0 Å². The predicted octanol–water partition coefficient (Wildman–Crippen LogP) is 1.50. The first-order valence-electron chi connectivity index (χ1n) is 7.75. The predicted molar refractivity (Wildman–Crippen MR) is 88.2 cm³/mol. The normalized spacial score (nSPS) is 15.1. The van der Waals surface area contributed by atoms with Crippen LogP contribution in [0.15, 0.2) is 17.0 Å². The monoisotopic (exact) mass is 355 g/mol. The third-order valence-corrected chi connectivity index (χ3v) is 5.76. The molecule has 132 valence electrons. The lowest BCUT2D eigenvalue weighted by Crippen LogP contribution is -2.31. The molecule has 0 spiro atoms. The van der Waals surface area contributed by atoms with Crippen molar-refractivity contribution in [3.05, 3.63) is 33.4 Å². The maximum Gasteiger partial charge on any atom is 0.271 e. The van der Waals surface area contributed by atoms with Gasteiger partial charge in [-0.2, -0.15) is 0 Å². The number of nitrogens with one attached hydrogen (secondary N) is 1. The Labute approximate surface area is 141 Å². The minimum atomic E-state index is -3.84. The van der Waals surface area contributed by atoms with Crippen LogP contribution >= 0.6 is 0 Å². The lowest BCUT2D eigenvalue weighted by Gasteiger charge is -2.16. The van der Waals surface area contributed by atoms with Crippen molar-refractivity contribution in [1.29, 1.82) is 0 Å². The molecule has 1 aromatic carbocycles. The van der Waals surface area contributed by atoms with E-state index < -0.39 is 14.9 Å². The number of rotatable bonds is 7. The van der Waals surface area contributed by atoms with Crippen LogP contribution in [0.3, 0.4) is 0 Å². The van der Waals surface area contributed by atoms with Crippen LogP contribution < -0.4 is 4.72 Å². The first kappa shape index (κ1) is 18.3. The van der Waals surface area contributed by atoms with Crippen LogP contribution in [-0.2, 0) is 14.8 Å². The first-order valence-corrected chi connectivity index (χ1v) is 9.24. The van der Waals surface area contributed by atoms with E-state index in [1.54, 1.807) is 18.7 Å². The number of nitro groups is 1. The Morgan fingerprint density at radius 2 is 2.04 bits per heavy atom. The fraction of sp³-hybridized carbons (Fsp3) is 0.533. The van der Waals surface area contributed by atoms with Crippen LogP contribution in [0, 0.1) is 24.0 Å². The fourth-order valence-electron chi connectivity index (χ4n) is 2.69. The molecule has 0 saturated carbocycles. The van der Waals surface area contributed by atoms with Crippen molar-refractivity contribution in [3.63, 3.8) is 0 Å². The molecule has 1 N–H and O–H groups in total. The van der Waals surface area contributed by atoms with E-state index in [2.05, 4.69) is 4.72 Å². The third-order valence-electron chi connectivity index (χ3n) is 4.17. The van der Waals surface area contributed by atoms with Gasteiger partial charge in [0.2, 0.25) is 15.9 Å². The van der Waals surface area contributed by atoms with Crippen LogP contribution in [0.1, 0.15) is 30.4 Å². The number of amides is 1. The highest BCUT2D eigenvalue weighted by atomic mass is 32.2. The van der Waals surface area contributed by atoms with Crippen molar-refractivity contribution in [1.82, 2.24) is 9.62 Å². The SMILES string of the molecule is Cc1cc([N+](=O)[O-])cc(S(=O)(=O)NCCCN2CCCC2=O)c1C. The van der Waals surface area contributed by atoms with E-state index in [1.807, 2.05) is 0 Å². The molecule has 0 aromatic heterocycles. The van der Waals surface area contributed by atoms with E-state index in [0.717, 1.165) is 19.0 Å². The maximum absolute atomic E-state index is 12.4. The van der Waals surface area contributed by atoms with Crippen molar-refractivity contribution in [2.24, 2.45) is 0 Å². The van der Waals surface area contributed by atoms with Crippen molar-refractivity contribution >= 4 is 21.6 Å². The summed E-state index contributed by atoms with van der Waals surface area (Å²) < 4.78 is 27.3. The van der Waals surface area contributed by atoms with Crippen LogP contribution in [0.5, 0.6) is 0 Å². The molecule has 1 amide bonds. The van der Waals surface area contributed by atoms with Gasteiger partial charge in [0.25, 0.3) is 5.69 Å². The summed E-state index contributed by atoms with van der Waals surface area (Å²) >= 11 is 0. The second-order valence-electron chi connectivity index (χ2n) is 5.88. The Balaban J connectivity index is 2.04. The van der Waals surface area contributed by atoms with Gasteiger partial charge in [0.1, 0.15) is 0 Å². The van der Waals surface area contributed by atoms with Crippen molar-refractivity contribution in [2.75, 3.05) is 19.6 Å². The number of hydrogen-bond acceptors (Lipinski definition) is 5. The summed E-state index contributed by atoms with van der Waals surface area (Å²) in [5.74, 6) is 0.100. The lowest BCUT2D eigenvalue weighted by atomic mass is 10.1. The van der Waals surface area contributed by atoms with Crippen LogP contribution in [-0.4, -0.2) is 43.8 Å². The highest BCUT2D eigenvalue weighted by molar-refractivity contribution is 7.89. The Kier molecular flexibility index (Phi) is 5.55. The molecule has 1 fully saturated rings. The molecule has 0 bridgehead atoms. The number of nitro benzene ring substituents is 1. The highest BCUT2D eigenvalue weighted by Crippen LogP contribution is 2.25. The fourth-order valence-corrected chi connectivity index (χ4v) is 4.10. The van der Waals surface area contributed by atoms with Gasteiger partial charge in [-0.3, -0.25) is 14.9 Å². The summed E-state index contributed by atoms with van der Waals surface area (Å²) in [4.78, 5) is 23.5. The molecule has 1 heterocycles. The molecule has 0 radical (unpaired) electrons. The van der Waals surface area contributed by atoms with E-state index in [0.29, 0.717) is 30.5 Å². The number of carbonyl (C=O) groups excluding carboxylic acids is 1. The molecule has 0 unspecified atom stereocenters. The van der Waals surface area contributed by atoms with E-state index in [1.165, 1.54) is 6.07 Å². The minimum Gasteiger partial charge on any atom is -0.343 e. The van der Waals surface area contributed by atoms with E-state index >= 15 is 0 Å². The number of carbonyl (C=O) groups is 1. The van der Waals surface area contributed by atoms with E-state index in [-0.39, 0.29) is 23.0 Å². The molecule has 24 heavy (non-hydrogen) atoms. The molecule has 9 heteroatoms. The zero-order valence-electron chi connectivity index (χ0n) is 13.7. The Hall–Kier alpha value is -2.00. The van der Waals surface area contributed by atoms with E-state index in [4.69, 9.17) is 0 Å². The van der Waals surface area contributed by atoms with Gasteiger partial charge in [0.05, 0.1) is 9.82 Å². The van der Waals surface area contributed by atoms with Crippen molar-refractivity contribution in [3.8, 4) is 0 Å². The number of sulfonamides is 1. The smallest absolute Gasteiger partial charge is 0.271 e. The molecule has 2 rings (SSSR count). The molecule has 0 aliphatic carbocycles. The second-order valence-corrected chi connectivity index (χ2v) is 7.61. The molecule has 1 aliphatic rings. The van der Waals surface area contributed by atoms with Crippen LogP contribution in [0.25, 0.3) is 0 Å². The Morgan fingerprint density at radius 1 is 1.33 bits per heavy atom. The van der Waals surface area contributed by atoms with Gasteiger partial charge in [-0.25, -0.2) is 13.1 Å². The third kappa shape index (κ3) is 4.09. The minimum absolute atomic E-state index is 0.0774. The molecule has 1 aromatic rings. The number of aryl methyl sites for hydroxylation is 1. The lowest BCUT2D eigenvalue weighted by molar-refractivity contribution is -0.385. The highest BCUT2D eigenvalue weighted by Gasteiger charge is 2.23. The van der Waals surface area contributed by atoms with Gasteiger partial charge in [-0.05, 0) is 37.8 Å². The van der Waals surface area contributed by atoms with Crippen molar-refractivity contribution < 1.29 is 18.1 Å². The maximum atomic E-state index is 12.4. The largest absolute Gasteiger partial charge is 0.343 e. The number of likely N-dealkylation sites (tertiary alicyclic amines) is 1. The standard InChI is InChI=1S/C15H21N3O5S/c1-11-9-13(18(20)21)10-14(12(11)2)24(22,23)16-6-4-8-17-7-3-5-15(17)19/h9-10,16H,3-8H2,1-2H3. The van der Waals surface area contributed by atoms with Gasteiger partial charge in [0, 0.05) is 38.2 Å². The zero-order valence-corrected chi connectivity index (χ0v) is 14.6. The summed E-state index contributed by atoms with van der Waals surface area (Å²) in [5, 5.41) is 10.9. The van der Waals surface area contributed by atoms with Gasteiger partial charge in [-0.1, -0.05) is 0 Å². The molecule has 8 nitrogen and oxygen atoms in total. The number of nitrogens with zero attached hydrogens (tertiary/aromatic N) is 2. The molecule has 0 atom stereocenters. The summed E-state index contributed by atoms with van der Waals surface area (Å²) in [7, 11) is -3.84. The van der Waals surface area contributed by atoms with Crippen LogP contribution in [0.2, 0.25) is 0 Å². The number of non-ortho nitro benzene ring substituents is 1. The summed E-state index contributed by atoms with van der Waals surface area (Å²) in [6.07, 6.45) is 1.90. The number of benzene rings is 1. The van der Waals surface area contributed by atoms with Crippen molar-refractivity contribution in [2.45, 2.75) is 38.0 Å². The summed E-state index contributed by atoms with van der Waals surface area (Å²) in [6.45, 7) is 4.66. The average molecular weight is 355 g/mol. The van der Waals surface area contributed by atoms with Gasteiger partial charge in [0.15, 0.2) is 0 Å². The number of hydrogen-bond donors (Lipinski definition) is 1. The Morgan fingerprint density at radius 3 is 2.62 bits per heavy atom. The summed E-state index contributed by atoms with van der Waals surface area (Å²) in [5.41, 5.74) is 0.788. The quantitative estimate of drug-likeness (QED) is 0.453. The van der Waals surface area contributed by atoms with Gasteiger partial charge < -0.3 is 4.90 Å². The van der Waals surface area contributed by atoms with Gasteiger partial charge in [-0.15, -0.1) is 0 Å². The zero-order chi connectivity index (χ0) is 17.9. The average Bonchev–Trinajstić information content (AvgIpc) is 2.91. The first-order chi connectivity index (χ1) is 11.2.